The normalized spacial score (nSPS) is 14.8. The maximum absolute atomic E-state index is 13.1. The van der Waals surface area contributed by atoms with Crippen molar-refractivity contribution in [2.75, 3.05) is 12.4 Å². The van der Waals surface area contributed by atoms with Crippen LogP contribution in [0.1, 0.15) is 64.6 Å². The van der Waals surface area contributed by atoms with Gasteiger partial charge in [0.15, 0.2) is 9.84 Å². The number of benzene rings is 2. The molecule has 1 amide bonds. The number of nitrogens with one attached hydrogen (secondary N) is 1. The van der Waals surface area contributed by atoms with E-state index in [4.69, 9.17) is 0 Å². The number of alkyl halides is 3. The number of aliphatic hydroxyl groups excluding tert-OH is 1. The summed E-state index contributed by atoms with van der Waals surface area (Å²) in [5, 5.41) is 18.2. The molecule has 12 heteroatoms. The zero-order chi connectivity index (χ0) is 28.7. The second-order valence-electron chi connectivity index (χ2n) is 9.77. The highest BCUT2D eigenvalue weighted by Gasteiger charge is 2.32. The molecule has 2 aromatic carbocycles. The van der Waals surface area contributed by atoms with Crippen molar-refractivity contribution in [3.05, 3.63) is 88.9 Å². The first kappa shape index (κ1) is 27.8. The van der Waals surface area contributed by atoms with Gasteiger partial charge >= 0.3 is 6.18 Å². The highest BCUT2D eigenvalue weighted by molar-refractivity contribution is 7.91. The lowest BCUT2D eigenvalue weighted by Crippen LogP contribution is -2.31. The van der Waals surface area contributed by atoms with Crippen LogP contribution in [-0.2, 0) is 22.6 Å². The second kappa shape index (κ2) is 10.7. The van der Waals surface area contributed by atoms with Crippen molar-refractivity contribution in [1.29, 1.82) is 0 Å². The lowest BCUT2D eigenvalue weighted by Gasteiger charge is -2.16. The molecule has 1 unspecified atom stereocenters. The molecule has 0 radical (unpaired) electrons. The molecule has 40 heavy (non-hydrogen) atoms. The van der Waals surface area contributed by atoms with Gasteiger partial charge in [0, 0.05) is 28.8 Å². The molecule has 1 fully saturated rings. The molecule has 8 nitrogen and oxygen atoms in total. The first-order chi connectivity index (χ1) is 19.0. The van der Waals surface area contributed by atoms with Crippen molar-refractivity contribution < 1.29 is 31.5 Å². The van der Waals surface area contributed by atoms with E-state index in [1.165, 1.54) is 37.4 Å². The molecule has 210 valence electrons. The topological polar surface area (TPSA) is 114 Å². The zero-order valence-electron chi connectivity index (χ0n) is 21.5. The fourth-order valence-corrected chi connectivity index (χ4v) is 5.40. The van der Waals surface area contributed by atoms with E-state index in [9.17, 15) is 31.5 Å². The number of sulfone groups is 1. The Hall–Kier alpha value is -3.77. The van der Waals surface area contributed by atoms with Gasteiger partial charge in [-0.2, -0.15) is 18.3 Å². The molecular weight excluding hydrogens is 545 g/mol. The Kier molecular flexibility index (Phi) is 7.40. The number of rotatable bonds is 9. The molecule has 0 bridgehead atoms. The number of nitrogens with zero attached hydrogens (tertiary/aromatic N) is 3. The number of hydrogen-bond donors (Lipinski definition) is 2. The molecule has 2 heterocycles. The van der Waals surface area contributed by atoms with Crippen molar-refractivity contribution >= 4 is 26.6 Å². The summed E-state index contributed by atoms with van der Waals surface area (Å²) < 4.78 is 64.7. The van der Waals surface area contributed by atoms with Crippen molar-refractivity contribution in [3.8, 4) is 0 Å². The van der Waals surface area contributed by atoms with Crippen LogP contribution < -0.4 is 5.32 Å². The van der Waals surface area contributed by atoms with Crippen LogP contribution in [0, 0.1) is 0 Å². The summed E-state index contributed by atoms with van der Waals surface area (Å²) >= 11 is 0. The molecule has 1 atom stereocenters. The van der Waals surface area contributed by atoms with Crippen molar-refractivity contribution in [2.24, 2.45) is 0 Å². The molecule has 4 aromatic rings. The van der Waals surface area contributed by atoms with Gasteiger partial charge in [0.05, 0.1) is 46.6 Å². The third-order valence-corrected chi connectivity index (χ3v) is 8.68. The lowest BCUT2D eigenvalue weighted by atomic mass is 10.1. The molecule has 2 aromatic heterocycles. The maximum Gasteiger partial charge on any atom is 0.416 e. The van der Waals surface area contributed by atoms with Gasteiger partial charge < -0.3 is 10.4 Å². The van der Waals surface area contributed by atoms with Gasteiger partial charge in [0.25, 0.3) is 5.91 Å². The van der Waals surface area contributed by atoms with Gasteiger partial charge in [-0.25, -0.2) is 8.42 Å². The van der Waals surface area contributed by atoms with Crippen LogP contribution in [0.15, 0.2) is 65.7 Å². The minimum Gasteiger partial charge on any atom is -0.394 e. The maximum atomic E-state index is 13.1. The van der Waals surface area contributed by atoms with Crippen LogP contribution in [0.3, 0.4) is 0 Å². The van der Waals surface area contributed by atoms with Crippen molar-refractivity contribution in [3.63, 3.8) is 0 Å². The number of pyridine rings is 1. The molecule has 1 aliphatic carbocycles. The number of carbonyl (C=O) groups is 1. The van der Waals surface area contributed by atoms with Gasteiger partial charge in [-0.3, -0.25) is 14.5 Å². The first-order valence-electron chi connectivity index (χ1n) is 12.8. The highest BCUT2D eigenvalue weighted by Crippen LogP contribution is 2.43. The number of aliphatic hydroxyl groups is 1. The van der Waals surface area contributed by atoms with Crippen LogP contribution in [0.25, 0.3) is 10.9 Å². The Morgan fingerprint density at radius 2 is 1.85 bits per heavy atom. The summed E-state index contributed by atoms with van der Waals surface area (Å²) in [5.41, 5.74) is 2.15. The van der Waals surface area contributed by atoms with E-state index in [0.29, 0.717) is 34.8 Å². The van der Waals surface area contributed by atoms with Crippen LogP contribution in [0.2, 0.25) is 0 Å². The summed E-state index contributed by atoms with van der Waals surface area (Å²) in [6, 6.07) is 12.1. The van der Waals surface area contributed by atoms with Crippen LogP contribution >= 0.6 is 0 Å². The minimum atomic E-state index is -4.40. The lowest BCUT2D eigenvalue weighted by molar-refractivity contribution is -0.137. The van der Waals surface area contributed by atoms with Gasteiger partial charge in [-0.15, -0.1) is 0 Å². The fourth-order valence-electron chi connectivity index (χ4n) is 4.58. The van der Waals surface area contributed by atoms with Gasteiger partial charge in [-0.05, 0) is 54.8 Å². The molecule has 1 aliphatic rings. The largest absolute Gasteiger partial charge is 0.416 e. The van der Waals surface area contributed by atoms with Crippen LogP contribution in [0.4, 0.5) is 13.2 Å². The average Bonchev–Trinajstić information content (AvgIpc) is 3.71. The monoisotopic (exact) mass is 572 g/mol. The minimum absolute atomic E-state index is 0.0607. The van der Waals surface area contributed by atoms with Gasteiger partial charge in [0.2, 0.25) is 0 Å². The quantitative estimate of drug-likeness (QED) is 0.302. The fraction of sp³-hybridized carbons (Fsp3) is 0.321. The van der Waals surface area contributed by atoms with Crippen LogP contribution in [0.5, 0.6) is 0 Å². The van der Waals surface area contributed by atoms with E-state index >= 15 is 0 Å². The number of halogens is 3. The second-order valence-corrected chi connectivity index (χ2v) is 12.1. The Morgan fingerprint density at radius 1 is 1.12 bits per heavy atom. The Bertz CT molecular complexity index is 1650. The van der Waals surface area contributed by atoms with E-state index in [-0.39, 0.29) is 10.6 Å². The summed E-state index contributed by atoms with van der Waals surface area (Å²) in [6.07, 6.45) is -1.23. The zero-order valence-corrected chi connectivity index (χ0v) is 22.3. The predicted octanol–water partition coefficient (Wildman–Crippen LogP) is 4.63. The highest BCUT2D eigenvalue weighted by atomic mass is 32.2. The number of hydrogen-bond acceptors (Lipinski definition) is 6. The molecule has 2 N–H and O–H groups in total. The molecular formula is C28H27F3N4O4S. The van der Waals surface area contributed by atoms with Crippen molar-refractivity contribution in [1.82, 2.24) is 20.1 Å². The van der Waals surface area contributed by atoms with Gasteiger partial charge in [0.1, 0.15) is 0 Å². The van der Waals surface area contributed by atoms with Gasteiger partial charge in [-0.1, -0.05) is 25.1 Å². The van der Waals surface area contributed by atoms with E-state index < -0.39 is 40.1 Å². The molecule has 0 aliphatic heterocycles. The van der Waals surface area contributed by atoms with E-state index in [1.807, 2.05) is 6.07 Å². The summed E-state index contributed by atoms with van der Waals surface area (Å²) in [5.74, 6) is -0.249. The molecule has 0 spiro atoms. The predicted molar refractivity (Wildman–Crippen MR) is 142 cm³/mol. The third kappa shape index (κ3) is 5.73. The van der Waals surface area contributed by atoms with Crippen molar-refractivity contribution in [2.45, 2.75) is 49.3 Å². The average molecular weight is 573 g/mol. The summed E-state index contributed by atoms with van der Waals surface area (Å²) in [4.78, 5) is 17.3. The Balaban J connectivity index is 1.37. The molecule has 5 rings (SSSR count). The number of fused-ring (bicyclic) bond motifs is 1. The summed E-state index contributed by atoms with van der Waals surface area (Å²) in [7, 11) is -3.43. The summed E-state index contributed by atoms with van der Waals surface area (Å²) in [6.45, 7) is 1.37. The van der Waals surface area contributed by atoms with E-state index in [2.05, 4.69) is 15.4 Å². The van der Waals surface area contributed by atoms with E-state index in [0.717, 1.165) is 36.1 Å². The van der Waals surface area contributed by atoms with Crippen LogP contribution in [-0.4, -0.2) is 46.6 Å². The standard InChI is InChI=1S/C28H27F3N4O4S/c1-2-40(38,39)21-10-12-23(32-14-21)25(16-36)33-27(37)19-7-11-22-24(13-19)34-35(26(22)18-5-6-18)15-17-3-8-20(9-4-17)28(29,30)31/h3-4,7-14,18,25,36H,2,5-6,15-16H2,1H3,(H,33,37). The number of aromatic nitrogens is 3. The SMILES string of the molecule is CCS(=O)(=O)c1ccc(C(CO)NC(=O)c2ccc3c(C4CC4)n(Cc4ccc(C(F)(F)F)cc4)nc3c2)nc1. The molecule has 0 saturated heterocycles. The Labute approximate surface area is 228 Å². The smallest absolute Gasteiger partial charge is 0.394 e. The third-order valence-electron chi connectivity index (χ3n) is 6.96. The Morgan fingerprint density at radius 3 is 2.42 bits per heavy atom. The van der Waals surface area contributed by atoms with E-state index in [1.54, 1.807) is 16.8 Å². The number of amides is 1. The first-order valence-corrected chi connectivity index (χ1v) is 14.4. The molecule has 1 saturated carbocycles. The number of carbonyl (C=O) groups excluding carboxylic acids is 1.